The van der Waals surface area contributed by atoms with Crippen molar-refractivity contribution >= 4 is 27.2 Å². The lowest BCUT2D eigenvalue weighted by atomic mass is 10.0. The van der Waals surface area contributed by atoms with Crippen LogP contribution in [0.3, 0.4) is 0 Å². The molecule has 0 saturated carbocycles. The first kappa shape index (κ1) is 19.0. The highest BCUT2D eigenvalue weighted by atomic mass is 32.2. The summed E-state index contributed by atoms with van der Waals surface area (Å²) in [6, 6.07) is 22.8. The van der Waals surface area contributed by atoms with Gasteiger partial charge in [-0.2, -0.15) is 0 Å². The Bertz CT molecular complexity index is 1290. The SMILES string of the molecule is COc1cccc(CC=O)c1-c1cc2ccccc2n1S(=O)(=O)c1ccccc1. The van der Waals surface area contributed by atoms with Crippen molar-refractivity contribution in [3.63, 3.8) is 0 Å². The van der Waals surface area contributed by atoms with Crippen LogP contribution < -0.4 is 4.74 Å². The second-order valence-corrected chi connectivity index (χ2v) is 8.32. The molecular weight excluding hydrogens is 386 g/mol. The number of nitrogens with zero attached hydrogens (tertiary/aromatic N) is 1. The second kappa shape index (κ2) is 7.56. The van der Waals surface area contributed by atoms with E-state index >= 15 is 0 Å². The lowest BCUT2D eigenvalue weighted by Gasteiger charge is -2.16. The number of hydrogen-bond donors (Lipinski definition) is 0. The molecule has 0 aliphatic rings. The second-order valence-electron chi connectivity index (χ2n) is 6.54. The van der Waals surface area contributed by atoms with Crippen molar-refractivity contribution in [1.29, 1.82) is 0 Å². The highest BCUT2D eigenvalue weighted by molar-refractivity contribution is 7.90. The molecule has 0 saturated heterocycles. The molecule has 0 atom stereocenters. The van der Waals surface area contributed by atoms with Gasteiger partial charge >= 0.3 is 0 Å². The first-order valence-corrected chi connectivity index (χ1v) is 10.5. The molecule has 6 heteroatoms. The average Bonchev–Trinajstić information content (AvgIpc) is 3.14. The van der Waals surface area contributed by atoms with Crippen LogP contribution in [0.2, 0.25) is 0 Å². The molecule has 4 rings (SSSR count). The van der Waals surface area contributed by atoms with E-state index < -0.39 is 10.0 Å². The monoisotopic (exact) mass is 405 g/mol. The van der Waals surface area contributed by atoms with Crippen LogP contribution in [0.5, 0.6) is 5.75 Å². The number of rotatable bonds is 6. The van der Waals surface area contributed by atoms with Crippen molar-refractivity contribution in [3.05, 3.63) is 84.4 Å². The number of aldehydes is 1. The minimum atomic E-state index is -3.88. The minimum absolute atomic E-state index is 0.152. The van der Waals surface area contributed by atoms with Crippen LogP contribution in [-0.4, -0.2) is 25.8 Å². The van der Waals surface area contributed by atoms with Crippen LogP contribution in [0.15, 0.2) is 83.8 Å². The van der Waals surface area contributed by atoms with E-state index in [4.69, 9.17) is 4.74 Å². The molecule has 0 radical (unpaired) electrons. The van der Waals surface area contributed by atoms with Gasteiger partial charge in [-0.15, -0.1) is 0 Å². The van der Waals surface area contributed by atoms with Crippen LogP contribution in [0.1, 0.15) is 5.56 Å². The summed E-state index contributed by atoms with van der Waals surface area (Å²) in [5.41, 5.74) is 2.32. The summed E-state index contributed by atoms with van der Waals surface area (Å²) in [4.78, 5) is 11.5. The molecule has 3 aromatic carbocycles. The van der Waals surface area contributed by atoms with E-state index in [1.807, 2.05) is 24.3 Å². The maximum Gasteiger partial charge on any atom is 0.268 e. The summed E-state index contributed by atoms with van der Waals surface area (Å²) in [7, 11) is -2.35. The Hall–Kier alpha value is -3.38. The van der Waals surface area contributed by atoms with Gasteiger partial charge in [0.25, 0.3) is 10.0 Å². The van der Waals surface area contributed by atoms with Crippen molar-refractivity contribution in [3.8, 4) is 17.0 Å². The summed E-state index contributed by atoms with van der Waals surface area (Å²) >= 11 is 0. The molecule has 0 unspecified atom stereocenters. The van der Waals surface area contributed by atoms with Crippen molar-refractivity contribution in [1.82, 2.24) is 3.97 Å². The third-order valence-corrected chi connectivity index (χ3v) is 6.58. The van der Waals surface area contributed by atoms with Gasteiger partial charge in [0.05, 0.1) is 23.2 Å². The van der Waals surface area contributed by atoms with E-state index in [9.17, 15) is 13.2 Å². The van der Waals surface area contributed by atoms with Gasteiger partial charge in [-0.3, -0.25) is 0 Å². The summed E-state index contributed by atoms with van der Waals surface area (Å²) < 4.78 is 34.1. The van der Waals surface area contributed by atoms with Gasteiger partial charge < -0.3 is 9.53 Å². The van der Waals surface area contributed by atoms with Gasteiger partial charge in [-0.25, -0.2) is 12.4 Å². The number of ether oxygens (including phenoxy) is 1. The first-order chi connectivity index (χ1) is 14.1. The fraction of sp³-hybridized carbons (Fsp3) is 0.0870. The van der Waals surface area contributed by atoms with Crippen LogP contribution in [0.4, 0.5) is 0 Å². The zero-order chi connectivity index (χ0) is 20.4. The zero-order valence-corrected chi connectivity index (χ0v) is 16.6. The Morgan fingerprint density at radius 3 is 2.38 bits per heavy atom. The molecule has 1 heterocycles. The van der Waals surface area contributed by atoms with E-state index in [1.165, 1.54) is 11.1 Å². The molecule has 0 fully saturated rings. The van der Waals surface area contributed by atoms with Crippen molar-refractivity contribution in [2.45, 2.75) is 11.3 Å². The number of para-hydroxylation sites is 1. The van der Waals surface area contributed by atoms with E-state index in [2.05, 4.69) is 0 Å². The molecule has 0 aliphatic carbocycles. The standard InChI is InChI=1S/C23H19NO4S/c1-28-22-13-7-9-17(14-15-25)23(22)21-16-18-8-5-6-12-20(18)24(21)29(26,27)19-10-3-2-4-11-19/h2-13,15-16H,14H2,1H3. The van der Waals surface area contributed by atoms with Crippen LogP contribution >= 0.6 is 0 Å². The fourth-order valence-corrected chi connectivity index (χ4v) is 5.10. The van der Waals surface area contributed by atoms with E-state index in [0.29, 0.717) is 28.1 Å². The van der Waals surface area contributed by atoms with Gasteiger partial charge in [0, 0.05) is 17.4 Å². The number of aromatic nitrogens is 1. The Morgan fingerprint density at radius 2 is 1.66 bits per heavy atom. The molecule has 0 bridgehead atoms. The number of methoxy groups -OCH3 is 1. The van der Waals surface area contributed by atoms with Crippen LogP contribution in [0, 0.1) is 0 Å². The van der Waals surface area contributed by atoms with Crippen molar-refractivity contribution in [2.75, 3.05) is 7.11 Å². The largest absolute Gasteiger partial charge is 0.496 e. The molecule has 5 nitrogen and oxygen atoms in total. The predicted molar refractivity (Wildman–Crippen MR) is 113 cm³/mol. The quantitative estimate of drug-likeness (QED) is 0.449. The van der Waals surface area contributed by atoms with Gasteiger partial charge in [0.1, 0.15) is 12.0 Å². The molecule has 29 heavy (non-hydrogen) atoms. The highest BCUT2D eigenvalue weighted by Crippen LogP contribution is 2.39. The number of hydrogen-bond acceptors (Lipinski definition) is 4. The predicted octanol–water partition coefficient (Wildman–Crippen LogP) is 4.30. The van der Waals surface area contributed by atoms with Crippen LogP contribution in [-0.2, 0) is 21.2 Å². The Kier molecular flexibility index (Phi) is 4.94. The lowest BCUT2D eigenvalue weighted by Crippen LogP contribution is -2.14. The summed E-state index contributed by atoms with van der Waals surface area (Å²) in [6.07, 6.45) is 0.955. The van der Waals surface area contributed by atoms with Gasteiger partial charge in [0.2, 0.25) is 0 Å². The van der Waals surface area contributed by atoms with E-state index in [0.717, 1.165) is 11.7 Å². The maximum atomic E-state index is 13.6. The molecule has 0 spiro atoms. The lowest BCUT2D eigenvalue weighted by molar-refractivity contribution is -0.107. The van der Waals surface area contributed by atoms with Crippen molar-refractivity contribution < 1.29 is 17.9 Å². The van der Waals surface area contributed by atoms with Gasteiger partial charge in [-0.05, 0) is 35.9 Å². The van der Waals surface area contributed by atoms with Crippen LogP contribution in [0.25, 0.3) is 22.2 Å². The molecule has 0 amide bonds. The number of carbonyl (C=O) groups excluding carboxylic acids is 1. The maximum absolute atomic E-state index is 13.6. The summed E-state index contributed by atoms with van der Waals surface area (Å²) in [6.45, 7) is 0. The third kappa shape index (κ3) is 3.21. The minimum Gasteiger partial charge on any atom is -0.496 e. The Morgan fingerprint density at radius 1 is 0.931 bits per heavy atom. The first-order valence-electron chi connectivity index (χ1n) is 9.09. The highest BCUT2D eigenvalue weighted by Gasteiger charge is 2.26. The number of fused-ring (bicyclic) bond motifs is 1. The van der Waals surface area contributed by atoms with E-state index in [-0.39, 0.29) is 11.3 Å². The zero-order valence-electron chi connectivity index (χ0n) is 15.8. The topological polar surface area (TPSA) is 65.4 Å². The molecule has 0 aliphatic heterocycles. The Labute approximate surface area is 169 Å². The molecule has 146 valence electrons. The average molecular weight is 405 g/mol. The molecule has 1 aromatic heterocycles. The Balaban J connectivity index is 2.12. The summed E-state index contributed by atoms with van der Waals surface area (Å²) in [5, 5.41) is 0.782. The van der Waals surface area contributed by atoms with Gasteiger partial charge in [-0.1, -0.05) is 48.5 Å². The van der Waals surface area contributed by atoms with Gasteiger partial charge in [0.15, 0.2) is 0 Å². The van der Waals surface area contributed by atoms with E-state index in [1.54, 1.807) is 54.6 Å². The molecule has 4 aromatic rings. The molecule has 0 N–H and O–H groups in total. The number of carbonyl (C=O) groups is 1. The fourth-order valence-electron chi connectivity index (χ4n) is 3.56. The smallest absolute Gasteiger partial charge is 0.268 e. The normalized spacial score (nSPS) is 11.5. The van der Waals surface area contributed by atoms with Crippen molar-refractivity contribution in [2.24, 2.45) is 0 Å². The third-order valence-electron chi connectivity index (χ3n) is 4.84. The molecular formula is C23H19NO4S. The number of benzene rings is 3. The summed E-state index contributed by atoms with van der Waals surface area (Å²) in [5.74, 6) is 0.511.